The highest BCUT2D eigenvalue weighted by Gasteiger charge is 2.09. The van der Waals surface area contributed by atoms with Crippen LogP contribution in [0.15, 0.2) is 35.7 Å². The molecule has 0 saturated carbocycles. The third-order valence-corrected chi connectivity index (χ3v) is 4.28. The third-order valence-electron chi connectivity index (χ3n) is 3.28. The molecule has 0 amide bonds. The fourth-order valence-corrected chi connectivity index (χ4v) is 3.33. The number of rotatable bonds is 5. The van der Waals surface area contributed by atoms with Crippen molar-refractivity contribution in [2.24, 2.45) is 0 Å². The largest absolute Gasteiger partial charge is 0.298 e. The van der Waals surface area contributed by atoms with E-state index in [2.05, 4.69) is 61.5 Å². The summed E-state index contributed by atoms with van der Waals surface area (Å²) in [6.07, 6.45) is 1.14. The number of aryl methyl sites for hydroxylation is 1. The minimum absolute atomic E-state index is 1.01. The third kappa shape index (κ3) is 3.21. The Morgan fingerprint density at radius 1 is 1.11 bits per heavy atom. The fraction of sp³-hybridized carbons (Fsp3) is 0.375. The van der Waals surface area contributed by atoms with Crippen molar-refractivity contribution in [3.63, 3.8) is 0 Å². The molecule has 0 saturated heterocycles. The highest BCUT2D eigenvalue weighted by atomic mass is 32.1. The molecule has 2 heteroatoms. The van der Waals surface area contributed by atoms with Gasteiger partial charge in [0.2, 0.25) is 0 Å². The molecule has 0 N–H and O–H groups in total. The van der Waals surface area contributed by atoms with E-state index in [0.717, 1.165) is 19.5 Å². The molecular weight excluding hydrogens is 238 g/mol. The summed E-state index contributed by atoms with van der Waals surface area (Å²) in [5.41, 5.74) is 4.42. The maximum atomic E-state index is 2.38. The monoisotopic (exact) mass is 259 g/mol. The van der Waals surface area contributed by atoms with Crippen molar-refractivity contribution < 1.29 is 0 Å². The molecule has 0 atom stereocenters. The lowest BCUT2D eigenvalue weighted by Gasteiger charge is -2.17. The summed E-state index contributed by atoms with van der Waals surface area (Å²) in [4.78, 5) is 3.86. The van der Waals surface area contributed by atoms with E-state index >= 15 is 0 Å². The van der Waals surface area contributed by atoms with E-state index in [4.69, 9.17) is 0 Å². The number of nitrogens with zero attached hydrogens (tertiary/aromatic N) is 1. The molecule has 96 valence electrons. The van der Waals surface area contributed by atoms with E-state index in [1.807, 2.05) is 11.3 Å². The Morgan fingerprint density at radius 2 is 1.83 bits per heavy atom. The molecule has 0 aliphatic rings. The lowest BCUT2D eigenvalue weighted by atomic mass is 10.1. The Labute approximate surface area is 114 Å². The Balaban J connectivity index is 2.01. The van der Waals surface area contributed by atoms with E-state index in [-0.39, 0.29) is 0 Å². The van der Waals surface area contributed by atoms with Gasteiger partial charge < -0.3 is 0 Å². The predicted molar refractivity (Wildman–Crippen MR) is 80.0 cm³/mol. The molecule has 1 nitrogen and oxygen atoms in total. The standard InChI is InChI=1S/C16H21NS/c1-4-16-13(2)18-12-15(16)11-17(3)10-14-8-6-5-7-9-14/h5-9,12H,4,10-11H2,1-3H3. The maximum Gasteiger partial charge on any atom is 0.0245 e. The van der Waals surface area contributed by atoms with Crippen LogP contribution in [0, 0.1) is 6.92 Å². The van der Waals surface area contributed by atoms with Gasteiger partial charge >= 0.3 is 0 Å². The molecule has 1 aromatic carbocycles. The van der Waals surface area contributed by atoms with Crippen molar-refractivity contribution in [2.45, 2.75) is 33.4 Å². The second kappa shape index (κ2) is 6.17. The van der Waals surface area contributed by atoms with Crippen molar-refractivity contribution in [1.82, 2.24) is 4.90 Å². The van der Waals surface area contributed by atoms with Crippen molar-refractivity contribution in [3.8, 4) is 0 Å². The first-order valence-corrected chi connectivity index (χ1v) is 7.37. The van der Waals surface area contributed by atoms with E-state index in [9.17, 15) is 0 Å². The van der Waals surface area contributed by atoms with Gasteiger partial charge in [0.25, 0.3) is 0 Å². The second-order valence-electron chi connectivity index (χ2n) is 4.81. The smallest absolute Gasteiger partial charge is 0.0245 e. The molecule has 18 heavy (non-hydrogen) atoms. The zero-order chi connectivity index (χ0) is 13.0. The molecule has 1 heterocycles. The number of benzene rings is 1. The van der Waals surface area contributed by atoms with Crippen molar-refractivity contribution in [3.05, 3.63) is 57.3 Å². The molecule has 2 rings (SSSR count). The summed E-state index contributed by atoms with van der Waals surface area (Å²) in [5, 5.41) is 2.32. The van der Waals surface area contributed by atoms with Gasteiger partial charge in [0, 0.05) is 18.0 Å². The summed E-state index contributed by atoms with van der Waals surface area (Å²) in [5.74, 6) is 0. The fourth-order valence-electron chi connectivity index (χ4n) is 2.38. The Kier molecular flexibility index (Phi) is 4.56. The van der Waals surface area contributed by atoms with Crippen LogP contribution in [0.5, 0.6) is 0 Å². The van der Waals surface area contributed by atoms with Gasteiger partial charge in [-0.25, -0.2) is 0 Å². The van der Waals surface area contributed by atoms with Gasteiger partial charge in [0.1, 0.15) is 0 Å². The normalized spacial score (nSPS) is 11.1. The molecule has 0 spiro atoms. The zero-order valence-electron chi connectivity index (χ0n) is 11.4. The summed E-state index contributed by atoms with van der Waals surface area (Å²) >= 11 is 1.88. The van der Waals surface area contributed by atoms with Crippen LogP contribution in [0.4, 0.5) is 0 Å². The molecule has 2 aromatic rings. The molecule has 0 unspecified atom stereocenters. The number of hydrogen-bond acceptors (Lipinski definition) is 2. The molecule has 0 radical (unpaired) electrons. The van der Waals surface area contributed by atoms with Crippen LogP contribution >= 0.6 is 11.3 Å². The molecule has 0 bridgehead atoms. The molecular formula is C16H21NS. The molecule has 0 aliphatic heterocycles. The topological polar surface area (TPSA) is 3.24 Å². The van der Waals surface area contributed by atoms with Gasteiger partial charge in [-0.05, 0) is 42.5 Å². The van der Waals surface area contributed by atoms with E-state index in [1.54, 1.807) is 5.56 Å². The first kappa shape index (κ1) is 13.3. The van der Waals surface area contributed by atoms with E-state index in [0.29, 0.717) is 0 Å². The summed E-state index contributed by atoms with van der Waals surface area (Å²) in [6.45, 7) is 6.53. The van der Waals surface area contributed by atoms with Crippen LogP contribution < -0.4 is 0 Å². The minimum atomic E-state index is 1.01. The highest BCUT2D eigenvalue weighted by molar-refractivity contribution is 7.10. The number of thiophene rings is 1. The van der Waals surface area contributed by atoms with Gasteiger partial charge in [-0.2, -0.15) is 0 Å². The highest BCUT2D eigenvalue weighted by Crippen LogP contribution is 2.23. The van der Waals surface area contributed by atoms with Crippen molar-refractivity contribution in [1.29, 1.82) is 0 Å². The van der Waals surface area contributed by atoms with Gasteiger partial charge in [0.15, 0.2) is 0 Å². The SMILES string of the molecule is CCc1c(CN(C)Cc2ccccc2)csc1C. The second-order valence-corrected chi connectivity index (χ2v) is 5.89. The van der Waals surface area contributed by atoms with Crippen LogP contribution in [-0.2, 0) is 19.5 Å². The van der Waals surface area contributed by atoms with Crippen molar-refractivity contribution >= 4 is 11.3 Å². The Morgan fingerprint density at radius 3 is 2.50 bits per heavy atom. The van der Waals surface area contributed by atoms with Gasteiger partial charge in [-0.15, -0.1) is 11.3 Å². The average Bonchev–Trinajstić information content (AvgIpc) is 2.71. The van der Waals surface area contributed by atoms with Crippen LogP contribution in [-0.4, -0.2) is 11.9 Å². The first-order chi connectivity index (χ1) is 8.70. The van der Waals surface area contributed by atoms with Crippen molar-refractivity contribution in [2.75, 3.05) is 7.05 Å². The Bertz CT molecular complexity index is 487. The van der Waals surface area contributed by atoms with Crippen LogP contribution in [0.2, 0.25) is 0 Å². The lowest BCUT2D eigenvalue weighted by molar-refractivity contribution is 0.318. The van der Waals surface area contributed by atoms with Gasteiger partial charge in [-0.1, -0.05) is 37.3 Å². The zero-order valence-corrected chi connectivity index (χ0v) is 12.3. The van der Waals surface area contributed by atoms with Gasteiger partial charge in [0.05, 0.1) is 0 Å². The summed E-state index contributed by atoms with van der Waals surface area (Å²) < 4.78 is 0. The molecule has 1 aromatic heterocycles. The predicted octanol–water partition coefficient (Wildman–Crippen LogP) is 4.25. The minimum Gasteiger partial charge on any atom is -0.298 e. The summed E-state index contributed by atoms with van der Waals surface area (Å²) in [6, 6.07) is 10.7. The Hall–Kier alpha value is -1.12. The van der Waals surface area contributed by atoms with Crippen LogP contribution in [0.1, 0.15) is 28.5 Å². The van der Waals surface area contributed by atoms with Gasteiger partial charge in [-0.3, -0.25) is 4.90 Å². The first-order valence-electron chi connectivity index (χ1n) is 6.49. The number of hydrogen-bond donors (Lipinski definition) is 0. The van der Waals surface area contributed by atoms with E-state index < -0.39 is 0 Å². The molecule has 0 fully saturated rings. The lowest BCUT2D eigenvalue weighted by Crippen LogP contribution is -2.17. The van der Waals surface area contributed by atoms with Crippen LogP contribution in [0.25, 0.3) is 0 Å². The van der Waals surface area contributed by atoms with E-state index in [1.165, 1.54) is 16.0 Å². The molecule has 0 aliphatic carbocycles. The van der Waals surface area contributed by atoms with Crippen LogP contribution in [0.3, 0.4) is 0 Å². The quantitative estimate of drug-likeness (QED) is 0.776. The summed E-state index contributed by atoms with van der Waals surface area (Å²) in [7, 11) is 2.19. The maximum absolute atomic E-state index is 2.38. The average molecular weight is 259 g/mol.